The quantitative estimate of drug-likeness (QED) is 0.116. The molecule has 4 aliphatic rings. The molecule has 16 nitrogen and oxygen atoms in total. The zero-order valence-corrected chi connectivity index (χ0v) is 29.8. The average Bonchev–Trinajstić information content (AvgIpc) is 3.98. The van der Waals surface area contributed by atoms with Gasteiger partial charge in [-0.25, -0.2) is 19.2 Å². The summed E-state index contributed by atoms with van der Waals surface area (Å²) in [6.45, 7) is 7.13. The molecule has 2 saturated heterocycles. The lowest BCUT2D eigenvalue weighted by atomic mass is 9.93. The summed E-state index contributed by atoms with van der Waals surface area (Å²) in [5.41, 5.74) is -2.35. The third-order valence-corrected chi connectivity index (χ3v) is 8.74. The zero-order chi connectivity index (χ0) is 38.0. The summed E-state index contributed by atoms with van der Waals surface area (Å²) < 4.78 is 53.5. The van der Waals surface area contributed by atoms with Gasteiger partial charge in [0, 0.05) is 36.3 Å². The van der Waals surface area contributed by atoms with Crippen molar-refractivity contribution in [2.45, 2.75) is 76.0 Å². The fourth-order valence-corrected chi connectivity index (χ4v) is 6.24. The number of anilines is 2. The first-order valence-corrected chi connectivity index (χ1v) is 17.2. The Labute approximate surface area is 308 Å². The van der Waals surface area contributed by atoms with Gasteiger partial charge in [0.2, 0.25) is 24.7 Å². The summed E-state index contributed by atoms with van der Waals surface area (Å²) >= 11 is 0. The number of ether oxygens (including phenoxy) is 8. The van der Waals surface area contributed by atoms with Crippen molar-refractivity contribution in [2.24, 2.45) is 0 Å². The van der Waals surface area contributed by atoms with Gasteiger partial charge in [0.05, 0.1) is 24.7 Å². The highest BCUT2D eigenvalue weighted by molar-refractivity contribution is 6.10. The van der Waals surface area contributed by atoms with Gasteiger partial charge in [0.25, 0.3) is 0 Å². The summed E-state index contributed by atoms with van der Waals surface area (Å²) in [6, 6.07) is 16.9. The van der Waals surface area contributed by atoms with Crippen LogP contribution in [0.2, 0.25) is 0 Å². The summed E-state index contributed by atoms with van der Waals surface area (Å²) in [5, 5.41) is 6.01. The lowest BCUT2D eigenvalue weighted by Crippen LogP contribution is -2.52. The Kier molecular flexibility index (Phi) is 9.75. The number of carbonyl (C=O) groups is 4. The van der Waals surface area contributed by atoms with Crippen LogP contribution in [0.25, 0.3) is 0 Å². The molecule has 8 rings (SSSR count). The molecule has 16 heteroatoms. The summed E-state index contributed by atoms with van der Waals surface area (Å²) in [6.07, 6.45) is 0.912. The highest BCUT2D eigenvalue weighted by atomic mass is 16.7. The molecule has 0 saturated carbocycles. The minimum absolute atomic E-state index is 0.0410. The molecule has 2 fully saturated rings. The van der Waals surface area contributed by atoms with E-state index in [0.29, 0.717) is 45.9 Å². The van der Waals surface area contributed by atoms with Crippen molar-refractivity contribution < 1.29 is 65.9 Å². The molecule has 0 aliphatic carbocycles. The fraction of sp³-hybridized carbons (Fsp3) is 0.368. The zero-order valence-electron chi connectivity index (χ0n) is 29.8. The number of nitrogens with one attached hydrogen (secondary N) is 2. The van der Waals surface area contributed by atoms with E-state index in [1.54, 1.807) is 88.4 Å². The van der Waals surface area contributed by atoms with Gasteiger partial charge in [-0.15, -0.1) is 0 Å². The van der Waals surface area contributed by atoms with Crippen LogP contribution in [0, 0.1) is 0 Å². The normalized spacial score (nSPS) is 23.4. The van der Waals surface area contributed by atoms with E-state index in [1.807, 2.05) is 0 Å². The van der Waals surface area contributed by atoms with Gasteiger partial charge >= 0.3 is 23.9 Å². The number of hydrogen-bond acceptors (Lipinski definition) is 16. The van der Waals surface area contributed by atoms with Crippen LogP contribution in [0.4, 0.5) is 11.4 Å². The van der Waals surface area contributed by atoms with E-state index in [-0.39, 0.29) is 38.6 Å². The van der Waals surface area contributed by atoms with Gasteiger partial charge in [-0.2, -0.15) is 0 Å². The molecule has 4 atom stereocenters. The van der Waals surface area contributed by atoms with Crippen molar-refractivity contribution in [2.75, 3.05) is 24.2 Å². The van der Waals surface area contributed by atoms with E-state index < -0.39 is 47.2 Å². The van der Waals surface area contributed by atoms with Crippen LogP contribution in [-0.4, -0.2) is 60.7 Å². The molecule has 284 valence electrons. The predicted molar refractivity (Wildman–Crippen MR) is 185 cm³/mol. The first-order chi connectivity index (χ1) is 26.0. The standard InChI is InChI=1S/2C19H19NO7/c2*1-11(2)26-17(21)19(9-16(27-18(19)22)13-4-3-7-23-13)20-12-5-6-14-15(8-12)25-10-24-14/h2*3-8,11,16,20H,9-10H2,1-2H3/t16-,19+;16-,19-/m11/s1. The lowest BCUT2D eigenvalue weighted by molar-refractivity contribution is -0.161. The van der Waals surface area contributed by atoms with Crippen LogP contribution in [0.1, 0.15) is 64.3 Å². The Morgan fingerprint density at radius 2 is 1.04 bits per heavy atom. The highest BCUT2D eigenvalue weighted by Crippen LogP contribution is 2.43. The molecule has 0 unspecified atom stereocenters. The van der Waals surface area contributed by atoms with Crippen LogP contribution in [0.15, 0.2) is 82.0 Å². The van der Waals surface area contributed by atoms with Crippen LogP contribution in [0.5, 0.6) is 23.0 Å². The van der Waals surface area contributed by atoms with Crippen molar-refractivity contribution in [1.82, 2.24) is 0 Å². The van der Waals surface area contributed by atoms with Gasteiger partial charge in [-0.05, 0) is 76.2 Å². The first-order valence-electron chi connectivity index (χ1n) is 17.2. The lowest BCUT2D eigenvalue weighted by Gasteiger charge is -2.26. The molecule has 0 radical (unpaired) electrons. The van der Waals surface area contributed by atoms with Crippen molar-refractivity contribution >= 4 is 35.3 Å². The molecule has 0 spiro atoms. The molecule has 2 aromatic heterocycles. The van der Waals surface area contributed by atoms with Gasteiger partial charge in [0.1, 0.15) is 11.5 Å². The Morgan fingerprint density at radius 3 is 1.41 bits per heavy atom. The number of benzene rings is 2. The maximum absolute atomic E-state index is 12.9. The van der Waals surface area contributed by atoms with E-state index >= 15 is 0 Å². The van der Waals surface area contributed by atoms with Crippen molar-refractivity contribution in [3.63, 3.8) is 0 Å². The van der Waals surface area contributed by atoms with E-state index in [4.69, 9.17) is 46.7 Å². The van der Waals surface area contributed by atoms with Gasteiger partial charge < -0.3 is 57.4 Å². The second-order valence-corrected chi connectivity index (χ2v) is 13.3. The highest BCUT2D eigenvalue weighted by Gasteiger charge is 2.59. The van der Waals surface area contributed by atoms with Gasteiger partial charge in [-0.3, -0.25) is 0 Å². The maximum atomic E-state index is 12.9. The monoisotopic (exact) mass is 746 g/mol. The Balaban J connectivity index is 0.000000167. The summed E-state index contributed by atoms with van der Waals surface area (Å²) in [7, 11) is 0. The predicted octanol–water partition coefficient (Wildman–Crippen LogP) is 5.60. The van der Waals surface area contributed by atoms with E-state index in [0.717, 1.165) is 0 Å². The smallest absolute Gasteiger partial charge is 0.344 e. The van der Waals surface area contributed by atoms with Gasteiger partial charge in [0.15, 0.2) is 35.2 Å². The maximum Gasteiger partial charge on any atom is 0.344 e. The van der Waals surface area contributed by atoms with Crippen LogP contribution < -0.4 is 29.6 Å². The van der Waals surface area contributed by atoms with E-state index in [1.165, 1.54) is 12.5 Å². The Morgan fingerprint density at radius 1 is 0.630 bits per heavy atom. The topological polar surface area (TPSA) is 192 Å². The summed E-state index contributed by atoms with van der Waals surface area (Å²) in [5.74, 6) is 0.360. The third kappa shape index (κ3) is 7.06. The molecular weight excluding hydrogens is 708 g/mol. The summed E-state index contributed by atoms with van der Waals surface area (Å²) in [4.78, 5) is 51.3. The number of furan rings is 2. The van der Waals surface area contributed by atoms with Crippen molar-refractivity contribution in [1.29, 1.82) is 0 Å². The molecule has 2 aromatic carbocycles. The molecule has 6 heterocycles. The molecule has 54 heavy (non-hydrogen) atoms. The molecule has 0 bridgehead atoms. The van der Waals surface area contributed by atoms with Crippen molar-refractivity contribution in [3.05, 3.63) is 84.7 Å². The van der Waals surface area contributed by atoms with Crippen LogP contribution in [-0.2, 0) is 38.1 Å². The largest absolute Gasteiger partial charge is 0.465 e. The minimum atomic E-state index is -1.69. The molecule has 4 aromatic rings. The molecule has 0 amide bonds. The number of cyclic esters (lactones) is 2. The van der Waals surface area contributed by atoms with E-state index in [2.05, 4.69) is 10.6 Å². The van der Waals surface area contributed by atoms with Crippen LogP contribution in [0.3, 0.4) is 0 Å². The Hall–Kier alpha value is -6.32. The number of carbonyl (C=O) groups excluding carboxylic acids is 4. The molecular formula is C38H38N2O14. The average molecular weight is 747 g/mol. The number of hydrogen-bond donors (Lipinski definition) is 2. The third-order valence-electron chi connectivity index (χ3n) is 8.74. The second-order valence-electron chi connectivity index (χ2n) is 13.3. The van der Waals surface area contributed by atoms with E-state index in [9.17, 15) is 19.2 Å². The number of fused-ring (bicyclic) bond motifs is 2. The van der Waals surface area contributed by atoms with Crippen LogP contribution >= 0.6 is 0 Å². The van der Waals surface area contributed by atoms with Crippen molar-refractivity contribution in [3.8, 4) is 23.0 Å². The minimum Gasteiger partial charge on any atom is -0.465 e. The fourth-order valence-electron chi connectivity index (χ4n) is 6.24. The number of esters is 4. The second kappa shape index (κ2) is 14.6. The Bertz CT molecular complexity index is 1870. The molecule has 2 N–H and O–H groups in total. The van der Waals surface area contributed by atoms with Gasteiger partial charge in [-0.1, -0.05) is 0 Å². The first kappa shape index (κ1) is 36.1. The number of rotatable bonds is 10. The molecule has 4 aliphatic heterocycles. The SMILES string of the molecule is CC(C)OC(=O)[C@@]1(Nc2ccc3c(c2)OCO3)C[C@H](c2ccco2)OC1=O.CC(C)OC(=O)[C@]1(Nc2ccc3c(c2)OCO3)C[C@H](c2ccco2)OC1=O.